The predicted molar refractivity (Wildman–Crippen MR) is 138 cm³/mol. The van der Waals surface area contributed by atoms with Gasteiger partial charge in [-0.3, -0.25) is 14.8 Å². The fraction of sp³-hybridized carbons (Fsp3) is 0.308. The van der Waals surface area contributed by atoms with Gasteiger partial charge in [0.25, 0.3) is 5.91 Å². The van der Waals surface area contributed by atoms with E-state index in [-0.39, 0.29) is 74.3 Å². The molecule has 2 aromatic heterocycles. The molecule has 1 saturated heterocycles. The van der Waals surface area contributed by atoms with Crippen LogP contribution in [0.2, 0.25) is 0 Å². The highest BCUT2D eigenvalue weighted by atomic mass is 32.1. The number of nitrogens with one attached hydrogen (secondary N) is 1. The molecule has 2 aromatic carbocycles. The third-order valence-corrected chi connectivity index (χ3v) is 8.41. The molecule has 0 bridgehead atoms. The van der Waals surface area contributed by atoms with E-state index in [0.717, 1.165) is 23.5 Å². The van der Waals surface area contributed by atoms with E-state index in [1.807, 2.05) is 6.07 Å². The van der Waals surface area contributed by atoms with Crippen molar-refractivity contribution in [1.82, 2.24) is 20.0 Å². The molecule has 0 saturated carbocycles. The molecule has 2 aliphatic rings. The first-order chi connectivity index (χ1) is 19.4. The summed E-state index contributed by atoms with van der Waals surface area (Å²) in [6.07, 6.45) is -6.60. The lowest BCUT2D eigenvalue weighted by Gasteiger charge is -2.42. The number of hydrogen-bond donors (Lipinski definition) is 2. The van der Waals surface area contributed by atoms with Gasteiger partial charge < -0.3 is 15.4 Å². The Kier molecular flexibility index (Phi) is 6.16. The van der Waals surface area contributed by atoms with Gasteiger partial charge in [-0.05, 0) is 31.0 Å². The molecule has 2 unspecified atom stereocenters. The van der Waals surface area contributed by atoms with Crippen LogP contribution in [0, 0.1) is 29.9 Å². The van der Waals surface area contributed by atoms with Gasteiger partial charge in [0.15, 0.2) is 6.23 Å². The number of benzene rings is 2. The molecule has 4 aromatic rings. The quantitative estimate of drug-likeness (QED) is 0.265. The number of nitrogens with zero attached hydrogens (tertiary/aromatic N) is 4. The lowest BCUT2D eigenvalue weighted by atomic mass is 9.92. The van der Waals surface area contributed by atoms with Crippen molar-refractivity contribution in [3.63, 3.8) is 0 Å². The molecule has 2 atom stereocenters. The highest BCUT2D eigenvalue weighted by Crippen LogP contribution is 2.45. The number of thiophene rings is 1. The number of amides is 1. The number of piperazine rings is 1. The van der Waals surface area contributed by atoms with Crippen LogP contribution in [0.25, 0.3) is 32.1 Å². The Morgan fingerprint density at radius 2 is 1.98 bits per heavy atom. The molecule has 1 amide bonds. The topological polar surface area (TPSA) is 126 Å². The van der Waals surface area contributed by atoms with E-state index in [2.05, 4.69) is 15.2 Å². The monoisotopic (exact) mass is 590 g/mol. The minimum Gasteiger partial charge on any atom is -0.438 e. The van der Waals surface area contributed by atoms with Crippen molar-refractivity contribution < 1.29 is 36.3 Å². The first-order valence-electron chi connectivity index (χ1n) is 12.3. The number of halogens is 5. The van der Waals surface area contributed by atoms with E-state index in [1.165, 1.54) is 15.6 Å². The summed E-state index contributed by atoms with van der Waals surface area (Å²) in [4.78, 5) is 26.7. The lowest BCUT2D eigenvalue weighted by Crippen LogP contribution is -2.62. The molecule has 2 aliphatic heterocycles. The summed E-state index contributed by atoms with van der Waals surface area (Å²) in [7, 11) is 0. The zero-order chi connectivity index (χ0) is 29.4. The number of nitriles is 1. The van der Waals surface area contributed by atoms with Crippen LogP contribution in [0.5, 0.6) is 0 Å². The number of nitrogens with two attached hydrogens (primary N) is 1. The Bertz CT molecular complexity index is 1820. The van der Waals surface area contributed by atoms with Gasteiger partial charge in [0.1, 0.15) is 22.7 Å². The fourth-order valence-electron chi connectivity index (χ4n) is 5.70. The summed E-state index contributed by atoms with van der Waals surface area (Å²) in [6, 6.07) is 4.48. The number of aromatic nitrogens is 2. The summed E-state index contributed by atoms with van der Waals surface area (Å²) in [6.45, 7) is 1.79. The van der Waals surface area contributed by atoms with Crippen LogP contribution in [-0.4, -0.2) is 58.1 Å². The standard InChI is InChI=1S/C26H19F5N6O3S/c1-10-17-19(11-2-3-14(27)21-18(11)13(9-32)22(33)41-21)15(28)8-12-20(17)37(35-10)6-4-16-23(40-25(39)26(29,30)31)34-5-7-36(16)24(12)38/h2-3,8,16,23,34H,4-7,33H2,1H3. The zero-order valence-corrected chi connectivity index (χ0v) is 21.9. The SMILES string of the molecule is Cc1nn2c3c(cc(F)c(-c4ccc(F)c5sc(N)c(C#N)c45)c13)C(=O)N1CCNC(OC(=O)C(F)(F)F)C1CC2. The smallest absolute Gasteiger partial charge is 0.438 e. The van der Waals surface area contributed by atoms with Gasteiger partial charge in [-0.2, -0.15) is 23.5 Å². The third-order valence-electron chi connectivity index (χ3n) is 7.38. The van der Waals surface area contributed by atoms with Gasteiger partial charge in [0.05, 0.1) is 33.1 Å². The minimum atomic E-state index is -5.22. The maximum atomic E-state index is 16.1. The van der Waals surface area contributed by atoms with E-state index in [4.69, 9.17) is 5.73 Å². The molecule has 0 radical (unpaired) electrons. The molecule has 3 N–H and O–H groups in total. The van der Waals surface area contributed by atoms with E-state index >= 15 is 4.39 Å². The minimum absolute atomic E-state index is 0.00136. The van der Waals surface area contributed by atoms with Crippen molar-refractivity contribution in [2.45, 2.75) is 38.3 Å². The van der Waals surface area contributed by atoms with E-state index in [0.29, 0.717) is 5.69 Å². The number of alkyl halides is 3. The van der Waals surface area contributed by atoms with Crippen LogP contribution >= 0.6 is 11.3 Å². The molecule has 9 nitrogen and oxygen atoms in total. The van der Waals surface area contributed by atoms with Gasteiger partial charge in [-0.15, -0.1) is 11.3 Å². The van der Waals surface area contributed by atoms with E-state index in [9.17, 15) is 32.4 Å². The molecule has 4 heterocycles. The average Bonchev–Trinajstić information content (AvgIpc) is 3.43. The first kappa shape index (κ1) is 26.9. The number of carbonyl (C=O) groups excluding carboxylic acids is 2. The molecular formula is C26H19F5N6O3S. The summed E-state index contributed by atoms with van der Waals surface area (Å²) in [5, 5.41) is 17.4. The Morgan fingerprint density at radius 3 is 2.68 bits per heavy atom. The largest absolute Gasteiger partial charge is 0.490 e. The van der Waals surface area contributed by atoms with Crippen LogP contribution < -0.4 is 11.1 Å². The average molecular weight is 591 g/mol. The van der Waals surface area contributed by atoms with Crippen molar-refractivity contribution in [3.8, 4) is 17.2 Å². The Balaban J connectivity index is 1.53. The number of esters is 1. The van der Waals surface area contributed by atoms with Crippen LogP contribution in [0.1, 0.15) is 28.0 Å². The normalized spacial score (nSPS) is 19.1. The van der Waals surface area contributed by atoms with Gasteiger partial charge in [-0.25, -0.2) is 13.6 Å². The number of carbonyl (C=O) groups is 2. The summed E-state index contributed by atoms with van der Waals surface area (Å²) in [5.41, 5.74) is 6.71. The molecule has 41 heavy (non-hydrogen) atoms. The first-order valence-corrected chi connectivity index (χ1v) is 13.2. The van der Waals surface area contributed by atoms with Gasteiger partial charge in [0, 0.05) is 36.0 Å². The summed E-state index contributed by atoms with van der Waals surface area (Å²) in [5.74, 6) is -4.55. The predicted octanol–water partition coefficient (Wildman–Crippen LogP) is 4.21. The number of rotatable bonds is 2. The fourth-order valence-corrected chi connectivity index (χ4v) is 6.65. The zero-order valence-electron chi connectivity index (χ0n) is 21.1. The maximum Gasteiger partial charge on any atom is 0.490 e. The Hall–Kier alpha value is -4.29. The summed E-state index contributed by atoms with van der Waals surface area (Å²) >= 11 is 0.867. The second-order valence-electron chi connectivity index (χ2n) is 9.70. The van der Waals surface area contributed by atoms with E-state index < -0.39 is 42.0 Å². The number of hydrogen-bond acceptors (Lipinski definition) is 8. The van der Waals surface area contributed by atoms with Crippen molar-refractivity contribution in [3.05, 3.63) is 46.7 Å². The van der Waals surface area contributed by atoms with Crippen molar-refractivity contribution >= 4 is 49.2 Å². The van der Waals surface area contributed by atoms with Gasteiger partial charge in [-0.1, -0.05) is 6.07 Å². The Morgan fingerprint density at radius 1 is 1.22 bits per heavy atom. The number of nitrogen functional groups attached to an aromatic ring is 1. The highest BCUT2D eigenvalue weighted by molar-refractivity contribution is 7.23. The number of ether oxygens (including phenoxy) is 1. The van der Waals surface area contributed by atoms with Gasteiger partial charge in [0.2, 0.25) is 0 Å². The second-order valence-corrected chi connectivity index (χ2v) is 10.7. The molecule has 0 spiro atoms. The Labute approximate surface area is 231 Å². The number of fused-ring (bicyclic) bond motifs is 2. The second kappa shape index (κ2) is 9.38. The third kappa shape index (κ3) is 4.08. The van der Waals surface area contributed by atoms with Crippen LogP contribution in [0.4, 0.5) is 27.0 Å². The van der Waals surface area contributed by atoms with Crippen molar-refractivity contribution in [2.75, 3.05) is 18.8 Å². The highest BCUT2D eigenvalue weighted by Gasteiger charge is 2.46. The number of anilines is 1. The van der Waals surface area contributed by atoms with Gasteiger partial charge >= 0.3 is 12.1 Å². The van der Waals surface area contributed by atoms with Crippen molar-refractivity contribution in [2.24, 2.45) is 0 Å². The molecule has 6 rings (SSSR count). The molecule has 1 fully saturated rings. The summed E-state index contributed by atoms with van der Waals surface area (Å²) < 4.78 is 75.8. The number of aryl methyl sites for hydroxylation is 2. The van der Waals surface area contributed by atoms with Crippen LogP contribution in [0.3, 0.4) is 0 Å². The molecule has 15 heteroatoms. The molecule has 212 valence electrons. The van der Waals surface area contributed by atoms with Crippen LogP contribution in [0.15, 0.2) is 18.2 Å². The molecular weight excluding hydrogens is 571 g/mol. The molecule has 0 aliphatic carbocycles. The van der Waals surface area contributed by atoms with Crippen molar-refractivity contribution in [1.29, 1.82) is 5.26 Å². The lowest BCUT2D eigenvalue weighted by molar-refractivity contribution is -0.210. The van der Waals surface area contributed by atoms with E-state index in [1.54, 1.807) is 6.92 Å². The maximum absolute atomic E-state index is 16.1. The van der Waals surface area contributed by atoms with Crippen LogP contribution in [-0.2, 0) is 16.1 Å².